The van der Waals surface area contributed by atoms with Crippen LogP contribution in [-0.4, -0.2) is 14.8 Å². The molecular weight excluding hydrogens is 261 g/mol. The SMILES string of the molecule is O=c1oc(-c2ccncc2)nn1Cc1ccccc1F. The zero-order chi connectivity index (χ0) is 13.9. The summed E-state index contributed by atoms with van der Waals surface area (Å²) in [7, 11) is 0. The van der Waals surface area contributed by atoms with Gasteiger partial charge in [-0.25, -0.2) is 9.18 Å². The molecule has 0 saturated heterocycles. The maximum atomic E-state index is 13.6. The Kier molecular flexibility index (Phi) is 3.12. The highest BCUT2D eigenvalue weighted by Crippen LogP contribution is 2.14. The van der Waals surface area contributed by atoms with E-state index >= 15 is 0 Å². The van der Waals surface area contributed by atoms with E-state index in [1.807, 2.05) is 0 Å². The van der Waals surface area contributed by atoms with Gasteiger partial charge in [-0.2, -0.15) is 4.68 Å². The zero-order valence-electron chi connectivity index (χ0n) is 10.4. The Morgan fingerprint density at radius 2 is 1.90 bits per heavy atom. The number of hydrogen-bond donors (Lipinski definition) is 0. The van der Waals surface area contributed by atoms with Crippen LogP contribution in [0.4, 0.5) is 4.39 Å². The molecule has 2 aromatic heterocycles. The second-order valence-corrected chi connectivity index (χ2v) is 4.16. The summed E-state index contributed by atoms with van der Waals surface area (Å²) in [5.74, 6) is -0.818. The van der Waals surface area contributed by atoms with Gasteiger partial charge in [0, 0.05) is 23.5 Å². The molecular formula is C14H10FN3O2. The summed E-state index contributed by atoms with van der Waals surface area (Å²) in [6.07, 6.45) is 3.15. The first-order chi connectivity index (χ1) is 9.74. The van der Waals surface area contributed by atoms with E-state index in [4.69, 9.17) is 4.42 Å². The molecule has 6 heteroatoms. The molecule has 0 saturated carbocycles. The lowest BCUT2D eigenvalue weighted by Crippen LogP contribution is -2.17. The molecule has 20 heavy (non-hydrogen) atoms. The number of aromatic nitrogens is 3. The van der Waals surface area contributed by atoms with Gasteiger partial charge < -0.3 is 4.42 Å². The van der Waals surface area contributed by atoms with E-state index in [0.29, 0.717) is 11.1 Å². The summed E-state index contributed by atoms with van der Waals surface area (Å²) in [6.45, 7) is 0.0279. The molecule has 3 rings (SSSR count). The lowest BCUT2D eigenvalue weighted by molar-refractivity contribution is 0.490. The molecule has 0 unspecified atom stereocenters. The average molecular weight is 271 g/mol. The van der Waals surface area contributed by atoms with Crippen LogP contribution in [0.25, 0.3) is 11.5 Å². The lowest BCUT2D eigenvalue weighted by Gasteiger charge is -2.00. The Bertz CT molecular complexity index is 780. The van der Waals surface area contributed by atoms with Gasteiger partial charge in [0.05, 0.1) is 6.54 Å². The minimum Gasteiger partial charge on any atom is -0.388 e. The number of benzene rings is 1. The molecule has 0 amide bonds. The van der Waals surface area contributed by atoms with Crippen molar-refractivity contribution in [3.63, 3.8) is 0 Å². The molecule has 5 nitrogen and oxygen atoms in total. The fourth-order valence-corrected chi connectivity index (χ4v) is 1.81. The molecule has 2 heterocycles. The molecule has 0 N–H and O–H groups in total. The van der Waals surface area contributed by atoms with Gasteiger partial charge in [-0.3, -0.25) is 4.98 Å². The summed E-state index contributed by atoms with van der Waals surface area (Å²) in [5.41, 5.74) is 1.02. The third-order valence-corrected chi connectivity index (χ3v) is 2.81. The van der Waals surface area contributed by atoms with Crippen molar-refractivity contribution in [2.45, 2.75) is 6.54 Å². The first-order valence-electron chi connectivity index (χ1n) is 5.96. The Morgan fingerprint density at radius 3 is 2.65 bits per heavy atom. The predicted molar refractivity (Wildman–Crippen MR) is 69.5 cm³/mol. The number of rotatable bonds is 3. The summed E-state index contributed by atoms with van der Waals surface area (Å²) >= 11 is 0. The minimum atomic E-state index is -0.625. The van der Waals surface area contributed by atoms with E-state index in [1.54, 1.807) is 42.7 Å². The van der Waals surface area contributed by atoms with Gasteiger partial charge in [0.1, 0.15) is 5.82 Å². The Morgan fingerprint density at radius 1 is 1.15 bits per heavy atom. The Hall–Kier alpha value is -2.76. The van der Waals surface area contributed by atoms with Crippen LogP contribution >= 0.6 is 0 Å². The third kappa shape index (κ3) is 2.35. The van der Waals surface area contributed by atoms with Crippen LogP contribution < -0.4 is 5.76 Å². The summed E-state index contributed by atoms with van der Waals surface area (Å²) < 4.78 is 19.7. The van der Waals surface area contributed by atoms with Crippen molar-refractivity contribution < 1.29 is 8.81 Å². The molecule has 0 aliphatic heterocycles. The highest BCUT2D eigenvalue weighted by Gasteiger charge is 2.11. The molecule has 0 atom stereocenters. The molecule has 0 bridgehead atoms. The maximum Gasteiger partial charge on any atom is 0.437 e. The molecule has 0 fully saturated rings. The van der Waals surface area contributed by atoms with Crippen molar-refractivity contribution in [2.24, 2.45) is 0 Å². The quantitative estimate of drug-likeness (QED) is 0.731. The fourth-order valence-electron chi connectivity index (χ4n) is 1.81. The summed E-state index contributed by atoms with van der Waals surface area (Å²) in [5, 5.41) is 4.06. The largest absolute Gasteiger partial charge is 0.437 e. The predicted octanol–water partition coefficient (Wildman–Crippen LogP) is 2.09. The standard InChI is InChI=1S/C14H10FN3O2/c15-12-4-2-1-3-11(12)9-18-14(19)20-13(17-18)10-5-7-16-8-6-10/h1-8H,9H2. The smallest absolute Gasteiger partial charge is 0.388 e. The van der Waals surface area contributed by atoms with Gasteiger partial charge in [0.15, 0.2) is 0 Å². The van der Waals surface area contributed by atoms with Crippen LogP contribution in [0.15, 0.2) is 58.0 Å². The minimum absolute atomic E-state index is 0.0279. The molecule has 0 aliphatic rings. The first kappa shape index (κ1) is 12.3. The van der Waals surface area contributed by atoms with Crippen LogP contribution in [0.2, 0.25) is 0 Å². The van der Waals surface area contributed by atoms with Crippen LogP contribution in [0.5, 0.6) is 0 Å². The molecule has 0 radical (unpaired) electrons. The molecule has 3 aromatic rings. The van der Waals surface area contributed by atoms with Crippen LogP contribution in [-0.2, 0) is 6.54 Å². The van der Waals surface area contributed by atoms with Crippen molar-refractivity contribution in [3.05, 3.63) is 70.7 Å². The van der Waals surface area contributed by atoms with E-state index in [2.05, 4.69) is 10.1 Å². The Labute approximate surface area is 113 Å². The highest BCUT2D eigenvalue weighted by molar-refractivity contribution is 5.50. The summed E-state index contributed by atoms with van der Waals surface area (Å²) in [6, 6.07) is 9.59. The van der Waals surface area contributed by atoms with Crippen LogP contribution in [0, 0.1) is 5.82 Å². The first-order valence-corrected chi connectivity index (χ1v) is 5.96. The number of nitrogens with zero attached hydrogens (tertiary/aromatic N) is 3. The van der Waals surface area contributed by atoms with Gasteiger partial charge in [-0.05, 0) is 18.2 Å². The number of halogens is 1. The van der Waals surface area contributed by atoms with E-state index in [-0.39, 0.29) is 18.3 Å². The van der Waals surface area contributed by atoms with Gasteiger partial charge in [0.2, 0.25) is 5.89 Å². The Balaban J connectivity index is 1.95. The average Bonchev–Trinajstić information content (AvgIpc) is 2.84. The van der Waals surface area contributed by atoms with Crippen LogP contribution in [0.3, 0.4) is 0 Å². The maximum absolute atomic E-state index is 13.6. The molecule has 0 aliphatic carbocycles. The second kappa shape index (κ2) is 5.08. The molecule has 1 aromatic carbocycles. The number of hydrogen-bond acceptors (Lipinski definition) is 4. The zero-order valence-corrected chi connectivity index (χ0v) is 10.4. The molecule has 100 valence electrons. The van der Waals surface area contributed by atoms with E-state index in [9.17, 15) is 9.18 Å². The van der Waals surface area contributed by atoms with Gasteiger partial charge in [0.25, 0.3) is 0 Å². The monoisotopic (exact) mass is 271 g/mol. The van der Waals surface area contributed by atoms with Gasteiger partial charge in [-0.1, -0.05) is 18.2 Å². The normalized spacial score (nSPS) is 10.7. The topological polar surface area (TPSA) is 60.9 Å². The van der Waals surface area contributed by atoms with Crippen molar-refractivity contribution in [2.75, 3.05) is 0 Å². The molecule has 0 spiro atoms. The lowest BCUT2D eigenvalue weighted by atomic mass is 10.2. The fraction of sp³-hybridized carbons (Fsp3) is 0.0714. The van der Waals surface area contributed by atoms with Gasteiger partial charge in [-0.15, -0.1) is 5.10 Å². The van der Waals surface area contributed by atoms with Crippen molar-refractivity contribution in [1.82, 2.24) is 14.8 Å². The summed E-state index contributed by atoms with van der Waals surface area (Å²) in [4.78, 5) is 15.6. The van der Waals surface area contributed by atoms with Crippen molar-refractivity contribution >= 4 is 0 Å². The highest BCUT2D eigenvalue weighted by atomic mass is 19.1. The van der Waals surface area contributed by atoms with Crippen molar-refractivity contribution in [1.29, 1.82) is 0 Å². The van der Waals surface area contributed by atoms with Crippen molar-refractivity contribution in [3.8, 4) is 11.5 Å². The third-order valence-electron chi connectivity index (χ3n) is 2.81. The van der Waals surface area contributed by atoms with E-state index < -0.39 is 5.76 Å². The second-order valence-electron chi connectivity index (χ2n) is 4.16. The van der Waals surface area contributed by atoms with Gasteiger partial charge >= 0.3 is 5.76 Å². The number of pyridine rings is 1. The van der Waals surface area contributed by atoms with Crippen LogP contribution in [0.1, 0.15) is 5.56 Å². The van der Waals surface area contributed by atoms with E-state index in [1.165, 1.54) is 6.07 Å². The van der Waals surface area contributed by atoms with E-state index in [0.717, 1.165) is 4.68 Å².